The van der Waals surface area contributed by atoms with Crippen LogP contribution in [0.3, 0.4) is 0 Å². The van der Waals surface area contributed by atoms with Crippen molar-refractivity contribution < 1.29 is 48.9 Å². The van der Waals surface area contributed by atoms with E-state index < -0.39 is 47.5 Å². The monoisotopic (exact) mass is 649 g/mol. The van der Waals surface area contributed by atoms with Crippen molar-refractivity contribution in [3.63, 3.8) is 0 Å². The fraction of sp³-hybridized carbons (Fsp3) is 0.217. The fourth-order valence-electron chi connectivity index (χ4n) is 3.95. The van der Waals surface area contributed by atoms with Crippen LogP contribution in [0, 0.1) is 0 Å². The van der Waals surface area contributed by atoms with Gasteiger partial charge in [0.1, 0.15) is 22.8 Å². The Balaban J connectivity index is 1.28. The van der Waals surface area contributed by atoms with Crippen molar-refractivity contribution in [1.82, 2.24) is 25.4 Å². The van der Waals surface area contributed by atoms with E-state index in [0.29, 0.717) is 11.1 Å². The van der Waals surface area contributed by atoms with Gasteiger partial charge in [0.2, 0.25) is 12.5 Å². The molecule has 2 amide bonds. The molecule has 0 unspecified atom stereocenters. The van der Waals surface area contributed by atoms with Crippen LogP contribution in [-0.2, 0) is 24.0 Å². The van der Waals surface area contributed by atoms with Crippen molar-refractivity contribution in [1.29, 1.82) is 0 Å². The molecule has 4 heterocycles. The molecule has 17 nitrogen and oxygen atoms in total. The number of rotatable bonds is 11. The number of nitrogens with zero attached hydrogens (tertiary/aromatic N) is 5. The summed E-state index contributed by atoms with van der Waals surface area (Å²) in [5.41, 5.74) is 5.75. The number of nitrogens with one attached hydrogen (secondary N) is 1. The lowest BCUT2D eigenvalue weighted by Gasteiger charge is -2.49. The zero-order valence-corrected chi connectivity index (χ0v) is 23.8. The van der Waals surface area contributed by atoms with Gasteiger partial charge in [0, 0.05) is 22.4 Å². The molecule has 0 spiro atoms. The zero-order valence-electron chi connectivity index (χ0n) is 21.4. The van der Waals surface area contributed by atoms with Crippen LogP contribution in [0.15, 0.2) is 49.6 Å². The Bertz CT molecular complexity index is 1690. The molecule has 7 N–H and O–H groups in total. The molecular weight excluding hydrogens is 630 g/mol. The summed E-state index contributed by atoms with van der Waals surface area (Å²) < 4.78 is 5.57. The molecule has 1 fully saturated rings. The maximum Gasteiger partial charge on any atom is 0.352 e. The number of thioether (sulfide) groups is 2. The van der Waals surface area contributed by atoms with Crippen molar-refractivity contribution in [3.8, 4) is 23.0 Å². The van der Waals surface area contributed by atoms with E-state index >= 15 is 0 Å². The molecular formula is C23H19N7O10S3. The number of hydrogen-bond acceptors (Lipinski definition) is 16. The van der Waals surface area contributed by atoms with E-state index in [-0.39, 0.29) is 50.6 Å². The molecule has 224 valence electrons. The topological polar surface area (TPSA) is 264 Å². The predicted molar refractivity (Wildman–Crippen MR) is 150 cm³/mol. The summed E-state index contributed by atoms with van der Waals surface area (Å²) in [6, 6.07) is 2.86. The third-order valence-corrected chi connectivity index (χ3v) is 8.78. The van der Waals surface area contributed by atoms with Crippen LogP contribution in [0.2, 0.25) is 0 Å². The number of benzene rings is 1. The minimum absolute atomic E-state index is 0.00198. The molecule has 1 saturated heterocycles. The minimum atomic E-state index is -1.34. The number of phenolic OH excluding ortho intramolecular Hbond substituents is 2. The van der Waals surface area contributed by atoms with Gasteiger partial charge in [0.25, 0.3) is 17.0 Å². The molecule has 0 radical (unpaired) electrons. The van der Waals surface area contributed by atoms with Crippen LogP contribution in [0.5, 0.6) is 11.5 Å². The molecule has 2 aliphatic heterocycles. The maximum absolute atomic E-state index is 13.1. The number of hydrogen-bond donors (Lipinski definition) is 6. The number of aromatic hydroxyl groups is 2. The van der Waals surface area contributed by atoms with Gasteiger partial charge in [-0.25, -0.2) is 14.6 Å². The number of oxime groups is 1. The Labute approximate surface area is 252 Å². The van der Waals surface area contributed by atoms with E-state index in [2.05, 4.69) is 25.7 Å². The highest BCUT2D eigenvalue weighted by Gasteiger charge is 2.54. The molecule has 2 aromatic heterocycles. The molecule has 5 rings (SSSR count). The van der Waals surface area contributed by atoms with Crippen LogP contribution in [0.25, 0.3) is 11.5 Å². The summed E-state index contributed by atoms with van der Waals surface area (Å²) in [6.07, 6.45) is 0. The number of amides is 2. The van der Waals surface area contributed by atoms with Gasteiger partial charge in [0.15, 0.2) is 22.3 Å². The van der Waals surface area contributed by atoms with E-state index in [1.54, 1.807) is 0 Å². The third kappa shape index (κ3) is 6.20. The van der Waals surface area contributed by atoms with E-state index in [9.17, 15) is 34.5 Å². The lowest BCUT2D eigenvalue weighted by atomic mass is 10.0. The first-order valence-electron chi connectivity index (χ1n) is 11.9. The van der Waals surface area contributed by atoms with Crippen LogP contribution < -0.4 is 11.1 Å². The number of fused-ring (bicyclic) bond motifs is 1. The number of carbonyl (C=O) groups excluding carboxylic acids is 2. The van der Waals surface area contributed by atoms with E-state index in [4.69, 9.17) is 20.1 Å². The van der Waals surface area contributed by atoms with Gasteiger partial charge < -0.3 is 40.7 Å². The van der Waals surface area contributed by atoms with Crippen LogP contribution in [0.4, 0.5) is 5.13 Å². The summed E-state index contributed by atoms with van der Waals surface area (Å²) in [5, 5.41) is 52.6. The first-order valence-corrected chi connectivity index (χ1v) is 14.8. The quantitative estimate of drug-likeness (QED) is 0.0543. The van der Waals surface area contributed by atoms with E-state index in [1.165, 1.54) is 35.3 Å². The second kappa shape index (κ2) is 12.2. The Hall–Kier alpha value is -4.82. The van der Waals surface area contributed by atoms with Crippen LogP contribution in [0.1, 0.15) is 5.69 Å². The van der Waals surface area contributed by atoms with Gasteiger partial charge in [-0.2, -0.15) is 0 Å². The third-order valence-electron chi connectivity index (χ3n) is 5.86. The first-order chi connectivity index (χ1) is 20.5. The number of carboxylic acid groups (broad SMARTS) is 2. The molecule has 2 aliphatic rings. The number of nitrogen functional groups attached to an aromatic ring is 1. The SMILES string of the molecule is Nc1nc(C(=NOCC(=O)O)C(=O)N[C@@H]2C(=O)N3C(C(=O)O)=C(CSc4nnc(-c5ccc(O)c(O)c5)o4)CS[C@@H]23)cs1. The van der Waals surface area contributed by atoms with Gasteiger partial charge in [-0.1, -0.05) is 16.9 Å². The summed E-state index contributed by atoms with van der Waals surface area (Å²) in [5.74, 6) is -4.57. The number of aromatic nitrogens is 3. The smallest absolute Gasteiger partial charge is 0.352 e. The van der Waals surface area contributed by atoms with Crippen LogP contribution in [-0.4, -0.2) is 99.5 Å². The maximum atomic E-state index is 13.1. The Morgan fingerprint density at radius 3 is 2.70 bits per heavy atom. The van der Waals surface area contributed by atoms with E-state index in [1.807, 2.05) is 0 Å². The molecule has 20 heteroatoms. The average molecular weight is 650 g/mol. The zero-order chi connectivity index (χ0) is 30.8. The molecule has 0 bridgehead atoms. The lowest BCUT2D eigenvalue weighted by molar-refractivity contribution is -0.150. The van der Waals surface area contributed by atoms with Crippen molar-refractivity contribution >= 4 is 69.5 Å². The average Bonchev–Trinajstić information content (AvgIpc) is 3.62. The second-order valence-electron chi connectivity index (χ2n) is 8.66. The molecule has 3 aromatic rings. The summed E-state index contributed by atoms with van der Waals surface area (Å²) in [4.78, 5) is 58.8. The summed E-state index contributed by atoms with van der Waals surface area (Å²) >= 11 is 3.27. The second-order valence-corrected chi connectivity index (χ2v) is 11.6. The molecule has 43 heavy (non-hydrogen) atoms. The highest BCUT2D eigenvalue weighted by atomic mass is 32.2. The molecule has 1 aromatic carbocycles. The summed E-state index contributed by atoms with van der Waals surface area (Å²) in [6.45, 7) is -0.829. The van der Waals surface area contributed by atoms with Gasteiger partial charge >= 0.3 is 11.9 Å². The molecule has 0 aliphatic carbocycles. The van der Waals surface area contributed by atoms with Gasteiger partial charge in [0.05, 0.1) is 0 Å². The van der Waals surface area contributed by atoms with Crippen LogP contribution >= 0.6 is 34.9 Å². The lowest BCUT2D eigenvalue weighted by Crippen LogP contribution is -2.71. The van der Waals surface area contributed by atoms with Crippen molar-refractivity contribution in [2.24, 2.45) is 5.16 Å². The van der Waals surface area contributed by atoms with Gasteiger partial charge in [-0.3, -0.25) is 14.5 Å². The number of β-lactam (4-membered cyclic amide) rings is 1. The number of phenols is 2. The van der Waals surface area contributed by atoms with Crippen molar-refractivity contribution in [3.05, 3.63) is 40.5 Å². The molecule has 0 saturated carbocycles. The largest absolute Gasteiger partial charge is 0.504 e. The Morgan fingerprint density at radius 2 is 2.02 bits per heavy atom. The Morgan fingerprint density at radius 1 is 1.23 bits per heavy atom. The fourth-order valence-corrected chi connectivity index (χ4v) is 6.74. The highest BCUT2D eigenvalue weighted by Crippen LogP contribution is 2.42. The normalized spacial score (nSPS) is 18.2. The van der Waals surface area contributed by atoms with Gasteiger partial charge in [-0.15, -0.1) is 33.3 Å². The predicted octanol–water partition coefficient (Wildman–Crippen LogP) is 0.523. The first kappa shape index (κ1) is 29.7. The minimum Gasteiger partial charge on any atom is -0.504 e. The number of carboxylic acids is 2. The van der Waals surface area contributed by atoms with E-state index in [0.717, 1.165) is 28.0 Å². The number of aliphatic carboxylic acids is 2. The summed E-state index contributed by atoms with van der Waals surface area (Å²) in [7, 11) is 0. The highest BCUT2D eigenvalue weighted by molar-refractivity contribution is 8.01. The standard InChI is InChI=1S/C23H19N7O10S3/c24-22-25-10(7-42-22)14(29-39-4-13(33)34)17(35)26-15-19(36)30-16(21(37)38)9(5-41-20(15)30)6-43-23-28-27-18(40-23)8-1-2-11(31)12(32)3-8/h1-3,7,15,20,31-32H,4-6H2,(H2,24,25)(H,26,35)(H,33,34)(H,37,38)/t15-,20+/m1/s1. The van der Waals surface area contributed by atoms with Gasteiger partial charge in [-0.05, 0) is 23.8 Å². The number of carbonyl (C=O) groups is 4. The number of thiazole rings is 1. The Kier molecular flexibility index (Phi) is 8.41. The number of anilines is 1. The molecule has 2 atom stereocenters. The van der Waals surface area contributed by atoms with Crippen molar-refractivity contribution in [2.75, 3.05) is 23.8 Å². The number of nitrogens with two attached hydrogens (primary N) is 1. The van der Waals surface area contributed by atoms with Crippen molar-refractivity contribution in [2.45, 2.75) is 16.6 Å².